The predicted molar refractivity (Wildman–Crippen MR) is 198 cm³/mol. The highest BCUT2D eigenvalue weighted by Gasteiger charge is 2.40. The monoisotopic (exact) mass is 707 g/mol. The second kappa shape index (κ2) is 17.8. The number of likely N-dealkylation sites (tertiary alicyclic amines) is 1. The fourth-order valence-electron chi connectivity index (χ4n) is 7.25. The number of carbonyl (C=O) groups is 2. The van der Waals surface area contributed by atoms with E-state index in [1.54, 1.807) is 0 Å². The highest BCUT2D eigenvalue weighted by atomic mass is 16.7. The smallest absolute Gasteiger partial charge is 0.328 e. The number of aliphatic hydroxyl groups is 2. The summed E-state index contributed by atoms with van der Waals surface area (Å²) < 4.78 is 18.3. The summed E-state index contributed by atoms with van der Waals surface area (Å²) >= 11 is 0. The first-order valence-corrected chi connectivity index (χ1v) is 18.1. The maximum absolute atomic E-state index is 13.0. The molecule has 0 unspecified atom stereocenters. The van der Waals surface area contributed by atoms with Crippen molar-refractivity contribution >= 4 is 12.0 Å². The summed E-state index contributed by atoms with van der Waals surface area (Å²) in [5.74, 6) is -0.462. The number of nitrogens with zero attached hydrogens (tertiary/aromatic N) is 1. The second-order valence-electron chi connectivity index (χ2n) is 13.7. The van der Waals surface area contributed by atoms with Crippen molar-refractivity contribution in [2.75, 3.05) is 26.8 Å². The number of rotatable bonds is 13. The zero-order valence-electron chi connectivity index (χ0n) is 29.8. The minimum atomic E-state index is -0.826. The van der Waals surface area contributed by atoms with E-state index in [4.69, 9.17) is 14.2 Å². The van der Waals surface area contributed by atoms with Crippen molar-refractivity contribution in [1.82, 2.24) is 15.5 Å². The van der Waals surface area contributed by atoms with E-state index in [2.05, 4.69) is 22.5 Å². The third kappa shape index (κ3) is 9.07. The van der Waals surface area contributed by atoms with Crippen LogP contribution in [0.2, 0.25) is 0 Å². The Balaban J connectivity index is 1.16. The lowest BCUT2D eigenvalue weighted by Gasteiger charge is -2.43. The number of hydrogen-bond donors (Lipinski definition) is 4. The Kier molecular flexibility index (Phi) is 12.7. The van der Waals surface area contributed by atoms with Crippen LogP contribution >= 0.6 is 0 Å². The lowest BCUT2D eigenvalue weighted by atomic mass is 9.89. The molecule has 0 aromatic heterocycles. The first-order chi connectivity index (χ1) is 25.4. The number of hydrogen-bond acceptors (Lipinski definition) is 8. The van der Waals surface area contributed by atoms with Crippen molar-refractivity contribution in [3.05, 3.63) is 131 Å². The van der Waals surface area contributed by atoms with Crippen LogP contribution in [-0.4, -0.2) is 72.1 Å². The average Bonchev–Trinajstić information content (AvgIpc) is 3.65. The number of methoxy groups -OCH3 is 1. The molecule has 4 N–H and O–H groups in total. The summed E-state index contributed by atoms with van der Waals surface area (Å²) in [5, 5.41) is 25.3. The Morgan fingerprint density at radius 1 is 0.885 bits per heavy atom. The molecule has 0 radical (unpaired) electrons. The minimum Gasteiger partial charge on any atom is -0.467 e. The van der Waals surface area contributed by atoms with Crippen molar-refractivity contribution in [3.8, 4) is 11.1 Å². The van der Waals surface area contributed by atoms with Gasteiger partial charge in [0.15, 0.2) is 6.29 Å². The Labute approximate surface area is 305 Å². The number of aliphatic hydroxyl groups excluding tert-OH is 2. The highest BCUT2D eigenvalue weighted by molar-refractivity contribution is 5.84. The third-order valence-corrected chi connectivity index (χ3v) is 10.3. The van der Waals surface area contributed by atoms with Crippen molar-refractivity contribution in [1.29, 1.82) is 0 Å². The third-order valence-electron chi connectivity index (χ3n) is 10.3. The first-order valence-electron chi connectivity index (χ1n) is 18.1. The van der Waals surface area contributed by atoms with Crippen LogP contribution in [0.5, 0.6) is 0 Å². The molecule has 4 aromatic rings. The van der Waals surface area contributed by atoms with Crippen molar-refractivity contribution < 1.29 is 34.0 Å². The molecule has 2 fully saturated rings. The van der Waals surface area contributed by atoms with Crippen molar-refractivity contribution in [2.24, 2.45) is 5.92 Å². The number of benzene rings is 4. The minimum absolute atomic E-state index is 0.0173. The van der Waals surface area contributed by atoms with E-state index >= 15 is 0 Å². The van der Waals surface area contributed by atoms with Crippen LogP contribution in [0.15, 0.2) is 103 Å². The molecule has 274 valence electrons. The van der Waals surface area contributed by atoms with E-state index in [1.807, 2.05) is 103 Å². The second-order valence-corrected chi connectivity index (χ2v) is 13.7. The molecule has 52 heavy (non-hydrogen) atoms. The van der Waals surface area contributed by atoms with Gasteiger partial charge in [-0.2, -0.15) is 0 Å². The van der Waals surface area contributed by atoms with E-state index in [0.717, 1.165) is 58.3 Å². The Bertz CT molecular complexity index is 1750. The summed E-state index contributed by atoms with van der Waals surface area (Å²) in [5.41, 5.74) is 6.53. The van der Waals surface area contributed by atoms with Crippen LogP contribution < -0.4 is 10.6 Å². The number of esters is 1. The first kappa shape index (κ1) is 37.2. The Hall–Kier alpha value is -4.58. The number of amides is 2. The Morgan fingerprint density at radius 3 is 2.31 bits per heavy atom. The molecule has 0 spiro atoms. The van der Waals surface area contributed by atoms with Crippen LogP contribution in [0, 0.1) is 5.92 Å². The molecule has 0 aliphatic carbocycles. The summed E-state index contributed by atoms with van der Waals surface area (Å²) in [6.45, 7) is 4.16. The molecule has 0 saturated carbocycles. The molecule has 10 nitrogen and oxygen atoms in total. The number of urea groups is 1. The fourth-order valence-corrected chi connectivity index (χ4v) is 7.25. The maximum Gasteiger partial charge on any atom is 0.328 e. The predicted octanol–water partition coefficient (Wildman–Crippen LogP) is 5.68. The molecule has 2 amide bonds. The number of carbonyl (C=O) groups excluding carboxylic acids is 2. The van der Waals surface area contributed by atoms with Gasteiger partial charge in [0.25, 0.3) is 0 Å². The lowest BCUT2D eigenvalue weighted by Crippen LogP contribution is -2.47. The van der Waals surface area contributed by atoms with Gasteiger partial charge in [0, 0.05) is 37.0 Å². The van der Waals surface area contributed by atoms with Crippen molar-refractivity contribution in [2.45, 2.75) is 69.9 Å². The average molecular weight is 708 g/mol. The topological polar surface area (TPSA) is 130 Å². The fraction of sp³-hybridized carbons (Fsp3) is 0.381. The van der Waals surface area contributed by atoms with E-state index in [1.165, 1.54) is 7.11 Å². The summed E-state index contributed by atoms with van der Waals surface area (Å²) in [4.78, 5) is 27.8. The highest BCUT2D eigenvalue weighted by Crippen LogP contribution is 2.42. The molecule has 10 heteroatoms. The van der Waals surface area contributed by atoms with Crippen LogP contribution in [0.3, 0.4) is 0 Å². The van der Waals surface area contributed by atoms with Crippen LogP contribution in [0.1, 0.15) is 60.0 Å². The van der Waals surface area contributed by atoms with Gasteiger partial charge in [-0.05, 0) is 52.8 Å². The number of ether oxygens (including phenoxy) is 3. The van der Waals surface area contributed by atoms with Crippen LogP contribution in [-0.2, 0) is 38.6 Å². The van der Waals surface area contributed by atoms with Crippen LogP contribution in [0.25, 0.3) is 11.1 Å². The summed E-state index contributed by atoms with van der Waals surface area (Å²) in [7, 11) is 1.31. The van der Waals surface area contributed by atoms with E-state index in [0.29, 0.717) is 13.0 Å². The summed E-state index contributed by atoms with van der Waals surface area (Å²) in [6, 6.07) is 32.2. The normalized spacial score (nSPS) is 22.4. The van der Waals surface area contributed by atoms with Gasteiger partial charge in [-0.25, -0.2) is 9.59 Å². The molecule has 0 bridgehead atoms. The zero-order chi connectivity index (χ0) is 36.5. The molecule has 2 aliphatic rings. The molecule has 2 saturated heterocycles. The molecule has 4 aromatic carbocycles. The van der Waals surface area contributed by atoms with Gasteiger partial charge in [0.1, 0.15) is 6.04 Å². The molecule has 2 aliphatic heterocycles. The van der Waals surface area contributed by atoms with E-state index in [9.17, 15) is 19.8 Å². The lowest BCUT2D eigenvalue weighted by molar-refractivity contribution is -0.276. The van der Waals surface area contributed by atoms with Gasteiger partial charge in [-0.15, -0.1) is 0 Å². The quantitative estimate of drug-likeness (QED) is 0.131. The Morgan fingerprint density at radius 2 is 1.60 bits per heavy atom. The van der Waals surface area contributed by atoms with Gasteiger partial charge < -0.3 is 35.1 Å². The van der Waals surface area contributed by atoms with Gasteiger partial charge in [0.2, 0.25) is 0 Å². The van der Waals surface area contributed by atoms with Crippen molar-refractivity contribution in [3.63, 3.8) is 0 Å². The number of nitrogens with one attached hydrogen (secondary N) is 2. The summed E-state index contributed by atoms with van der Waals surface area (Å²) in [6.07, 6.45) is 1.40. The largest absolute Gasteiger partial charge is 0.467 e. The molecular weight excluding hydrogens is 658 g/mol. The van der Waals surface area contributed by atoms with Crippen LogP contribution in [0.4, 0.5) is 4.79 Å². The molecule has 6 rings (SSSR count). The standard InChI is InChI=1S/C42H49N3O7/c1-28-38(25-45-22-8-12-35(45)27-47)51-41(52-39(28)32-16-14-30(26-46)15-17-32)33-20-18-31(19-21-33)36-13-7-6-11-34(36)24-43-42(49)44-37(40(48)50-2)23-29-9-4-3-5-10-29/h3-7,9-11,13-21,28,35,37-39,41,46-47H,8,12,22-27H2,1-2H3,(H2,43,44,49)/t28-,35-,37-,38+,39+,41+/m0/s1. The van der Waals surface area contributed by atoms with Gasteiger partial charge in [0.05, 0.1) is 32.5 Å². The zero-order valence-corrected chi connectivity index (χ0v) is 29.8. The van der Waals surface area contributed by atoms with Gasteiger partial charge in [-0.1, -0.05) is 110 Å². The van der Waals surface area contributed by atoms with Gasteiger partial charge >= 0.3 is 12.0 Å². The molecular formula is C42H49N3O7. The molecule has 6 atom stereocenters. The van der Waals surface area contributed by atoms with E-state index < -0.39 is 24.3 Å². The molecule has 2 heterocycles. The SMILES string of the molecule is COC(=O)[C@H](Cc1ccccc1)NC(=O)NCc1ccccc1-c1ccc([C@@H]2O[C@H](CN3CCC[C@H]3CO)[C@H](C)[C@H](c3ccc(CO)cc3)O2)cc1. The van der Waals surface area contributed by atoms with E-state index in [-0.39, 0.29) is 43.9 Å². The maximum atomic E-state index is 13.0. The van der Waals surface area contributed by atoms with Gasteiger partial charge in [-0.3, -0.25) is 4.90 Å².